The Hall–Kier alpha value is -2.82. The van der Waals surface area contributed by atoms with E-state index in [2.05, 4.69) is 77.2 Å². The zero-order valence-electron chi connectivity index (χ0n) is 20.0. The fourth-order valence-corrected chi connectivity index (χ4v) is 5.51. The number of imidazole rings is 1. The van der Waals surface area contributed by atoms with Gasteiger partial charge >= 0.3 is 0 Å². The van der Waals surface area contributed by atoms with E-state index in [4.69, 9.17) is 4.98 Å². The number of hydrogen-bond acceptors (Lipinski definition) is 3. The Labute approximate surface area is 197 Å². The summed E-state index contributed by atoms with van der Waals surface area (Å²) in [6.45, 7) is 6.95. The molecule has 2 atom stereocenters. The minimum atomic E-state index is 0.116. The molecule has 5 nitrogen and oxygen atoms in total. The standard InChI is InChI=1S/C28H36N4O/c1-20-11-13-22(14-12-20)19-32-26-10-6-5-9-25(26)30-28(32)31-17-15-23(16-18-31)27(33)29-24-8-4-3-7-21(24)2/h5-6,9-14,21,23-24H,3-4,7-8,15-19H2,1-2H3,(H,29,33)/t21-,24-/m0/s1. The molecule has 2 aliphatic rings. The second-order valence-corrected chi connectivity index (χ2v) is 10.1. The van der Waals surface area contributed by atoms with Crippen LogP contribution in [0.5, 0.6) is 0 Å². The normalized spacial score (nSPS) is 21.9. The average Bonchev–Trinajstić information content (AvgIpc) is 3.20. The molecular weight excluding hydrogens is 408 g/mol. The zero-order chi connectivity index (χ0) is 22.8. The van der Waals surface area contributed by atoms with Gasteiger partial charge in [0.25, 0.3) is 0 Å². The summed E-state index contributed by atoms with van der Waals surface area (Å²) in [6.07, 6.45) is 6.69. The van der Waals surface area contributed by atoms with E-state index in [0.29, 0.717) is 12.0 Å². The lowest BCUT2D eigenvalue weighted by Gasteiger charge is -2.35. The highest BCUT2D eigenvalue weighted by Gasteiger charge is 2.30. The monoisotopic (exact) mass is 444 g/mol. The largest absolute Gasteiger partial charge is 0.353 e. The lowest BCUT2D eigenvalue weighted by Crippen LogP contribution is -2.47. The SMILES string of the molecule is Cc1ccc(Cn2c(N3CCC(C(=O)N[C@H]4CCCC[C@@H]4C)CC3)nc3ccccc32)cc1. The first-order valence-corrected chi connectivity index (χ1v) is 12.6. The average molecular weight is 445 g/mol. The second kappa shape index (κ2) is 9.58. The number of carbonyl (C=O) groups excluding carboxylic acids is 1. The molecular formula is C28H36N4O. The van der Waals surface area contributed by atoms with Crippen molar-refractivity contribution < 1.29 is 4.79 Å². The fourth-order valence-electron chi connectivity index (χ4n) is 5.51. The van der Waals surface area contributed by atoms with Gasteiger partial charge < -0.3 is 14.8 Å². The van der Waals surface area contributed by atoms with E-state index in [1.54, 1.807) is 0 Å². The van der Waals surface area contributed by atoms with Crippen LogP contribution in [0.3, 0.4) is 0 Å². The van der Waals surface area contributed by atoms with E-state index in [0.717, 1.165) is 50.4 Å². The number of para-hydroxylation sites is 2. The van der Waals surface area contributed by atoms with Crippen LogP contribution in [0.1, 0.15) is 56.6 Å². The van der Waals surface area contributed by atoms with E-state index < -0.39 is 0 Å². The van der Waals surface area contributed by atoms with Crippen molar-refractivity contribution in [3.8, 4) is 0 Å². The minimum absolute atomic E-state index is 0.116. The molecule has 3 aromatic rings. The quantitative estimate of drug-likeness (QED) is 0.581. The van der Waals surface area contributed by atoms with Gasteiger partial charge in [-0.05, 0) is 56.2 Å². The van der Waals surface area contributed by atoms with E-state index in [9.17, 15) is 4.79 Å². The Kier molecular flexibility index (Phi) is 6.39. The predicted octanol–water partition coefficient (Wildman–Crippen LogP) is 5.30. The van der Waals surface area contributed by atoms with Gasteiger partial charge in [0.1, 0.15) is 0 Å². The molecule has 1 aliphatic carbocycles. The van der Waals surface area contributed by atoms with E-state index >= 15 is 0 Å². The highest BCUT2D eigenvalue weighted by atomic mass is 16.2. The number of nitrogens with one attached hydrogen (secondary N) is 1. The van der Waals surface area contributed by atoms with E-state index in [1.165, 1.54) is 35.9 Å². The Morgan fingerprint density at radius 1 is 1.00 bits per heavy atom. The van der Waals surface area contributed by atoms with Crippen molar-refractivity contribution in [2.45, 2.75) is 65.0 Å². The number of rotatable bonds is 5. The minimum Gasteiger partial charge on any atom is -0.353 e. The van der Waals surface area contributed by atoms with Gasteiger partial charge in [-0.15, -0.1) is 0 Å². The Balaban J connectivity index is 1.30. The topological polar surface area (TPSA) is 50.2 Å². The Morgan fingerprint density at radius 3 is 2.48 bits per heavy atom. The van der Waals surface area contributed by atoms with Crippen LogP contribution in [-0.4, -0.2) is 34.6 Å². The highest BCUT2D eigenvalue weighted by molar-refractivity contribution is 5.80. The summed E-state index contributed by atoms with van der Waals surface area (Å²) in [5.74, 6) is 2.01. The number of benzene rings is 2. The van der Waals surface area contributed by atoms with Crippen molar-refractivity contribution in [1.82, 2.24) is 14.9 Å². The van der Waals surface area contributed by atoms with Crippen molar-refractivity contribution in [2.24, 2.45) is 11.8 Å². The maximum Gasteiger partial charge on any atom is 0.223 e. The summed E-state index contributed by atoms with van der Waals surface area (Å²) in [6, 6.07) is 17.5. The van der Waals surface area contributed by atoms with Crippen LogP contribution >= 0.6 is 0 Å². The van der Waals surface area contributed by atoms with Gasteiger partial charge in [-0.1, -0.05) is 61.7 Å². The number of nitrogens with zero attached hydrogens (tertiary/aromatic N) is 3. The number of amides is 1. The second-order valence-electron chi connectivity index (χ2n) is 10.1. The maximum absolute atomic E-state index is 13.0. The van der Waals surface area contributed by atoms with E-state index in [1.807, 2.05) is 0 Å². The first-order valence-electron chi connectivity index (χ1n) is 12.6. The smallest absolute Gasteiger partial charge is 0.223 e. The summed E-state index contributed by atoms with van der Waals surface area (Å²) in [5.41, 5.74) is 4.75. The number of piperidine rings is 1. The van der Waals surface area contributed by atoms with Crippen LogP contribution < -0.4 is 10.2 Å². The van der Waals surface area contributed by atoms with E-state index in [-0.39, 0.29) is 11.8 Å². The first-order chi connectivity index (χ1) is 16.1. The third-order valence-corrected chi connectivity index (χ3v) is 7.68. The molecule has 1 amide bonds. The number of aryl methyl sites for hydroxylation is 1. The van der Waals surface area contributed by atoms with Crippen LogP contribution in [0.15, 0.2) is 48.5 Å². The molecule has 5 heteroatoms. The summed E-state index contributed by atoms with van der Waals surface area (Å²) < 4.78 is 2.34. The van der Waals surface area contributed by atoms with Gasteiger partial charge in [0.05, 0.1) is 17.6 Å². The molecule has 2 fully saturated rings. The van der Waals surface area contributed by atoms with Crippen LogP contribution in [0.4, 0.5) is 5.95 Å². The van der Waals surface area contributed by atoms with Gasteiger partial charge in [-0.2, -0.15) is 0 Å². The summed E-state index contributed by atoms with van der Waals surface area (Å²) in [7, 11) is 0. The number of hydrogen-bond donors (Lipinski definition) is 1. The maximum atomic E-state index is 13.0. The van der Waals surface area contributed by atoms with Crippen LogP contribution in [0.2, 0.25) is 0 Å². The van der Waals surface area contributed by atoms with Gasteiger partial charge in [0.15, 0.2) is 0 Å². The molecule has 5 rings (SSSR count). The number of anilines is 1. The van der Waals surface area contributed by atoms with Gasteiger partial charge in [0, 0.05) is 25.0 Å². The third-order valence-electron chi connectivity index (χ3n) is 7.68. The molecule has 0 unspecified atom stereocenters. The molecule has 1 N–H and O–H groups in total. The van der Waals surface area contributed by atoms with Crippen LogP contribution in [-0.2, 0) is 11.3 Å². The highest BCUT2D eigenvalue weighted by Crippen LogP contribution is 2.29. The molecule has 0 spiro atoms. The number of fused-ring (bicyclic) bond motifs is 1. The molecule has 0 radical (unpaired) electrons. The number of carbonyl (C=O) groups is 1. The molecule has 174 valence electrons. The van der Waals surface area contributed by atoms with Gasteiger partial charge in [0.2, 0.25) is 11.9 Å². The van der Waals surface area contributed by atoms with Crippen molar-refractivity contribution in [3.05, 3.63) is 59.7 Å². The van der Waals surface area contributed by atoms with Crippen LogP contribution in [0.25, 0.3) is 11.0 Å². The zero-order valence-corrected chi connectivity index (χ0v) is 20.0. The molecule has 1 aromatic heterocycles. The Bertz CT molecular complexity index is 1090. The van der Waals surface area contributed by atoms with Crippen molar-refractivity contribution >= 4 is 22.9 Å². The molecule has 0 bridgehead atoms. The van der Waals surface area contributed by atoms with Crippen molar-refractivity contribution in [1.29, 1.82) is 0 Å². The predicted molar refractivity (Wildman–Crippen MR) is 135 cm³/mol. The third kappa shape index (κ3) is 4.78. The first kappa shape index (κ1) is 22.0. The lowest BCUT2D eigenvalue weighted by molar-refractivity contribution is -0.126. The summed E-state index contributed by atoms with van der Waals surface area (Å²) >= 11 is 0. The molecule has 2 aromatic carbocycles. The molecule has 33 heavy (non-hydrogen) atoms. The fraction of sp³-hybridized carbons (Fsp3) is 0.500. The summed E-state index contributed by atoms with van der Waals surface area (Å²) in [5, 5.41) is 3.38. The van der Waals surface area contributed by atoms with Crippen LogP contribution in [0, 0.1) is 18.8 Å². The molecule has 2 heterocycles. The molecule has 1 saturated heterocycles. The lowest BCUT2D eigenvalue weighted by atomic mass is 9.85. The van der Waals surface area contributed by atoms with Crippen molar-refractivity contribution in [2.75, 3.05) is 18.0 Å². The Morgan fingerprint density at radius 2 is 1.73 bits per heavy atom. The molecule has 1 saturated carbocycles. The summed E-state index contributed by atoms with van der Waals surface area (Å²) in [4.78, 5) is 20.4. The number of aromatic nitrogens is 2. The molecule has 1 aliphatic heterocycles. The van der Waals surface area contributed by atoms with Crippen molar-refractivity contribution in [3.63, 3.8) is 0 Å². The van der Waals surface area contributed by atoms with Gasteiger partial charge in [-0.3, -0.25) is 4.79 Å². The van der Waals surface area contributed by atoms with Gasteiger partial charge in [-0.25, -0.2) is 4.98 Å².